The number of hydrogen-bond donors (Lipinski definition) is 2. The molecule has 1 amide bonds. The fraction of sp³-hybridized carbons (Fsp3) is 0.909. The summed E-state index contributed by atoms with van der Waals surface area (Å²) >= 11 is 0. The molecule has 82 valence electrons. The van der Waals surface area contributed by atoms with E-state index >= 15 is 0 Å². The molecule has 3 heteroatoms. The normalized spacial score (nSPS) is 20.0. The van der Waals surface area contributed by atoms with Gasteiger partial charge in [-0.05, 0) is 32.1 Å². The first-order chi connectivity index (χ1) is 6.31. The van der Waals surface area contributed by atoms with Crippen LogP contribution in [-0.2, 0) is 4.79 Å². The molecule has 1 fully saturated rings. The van der Waals surface area contributed by atoms with Gasteiger partial charge in [0, 0.05) is 18.5 Å². The Bertz CT molecular complexity index is 214. The van der Waals surface area contributed by atoms with Crippen molar-refractivity contribution in [3.8, 4) is 0 Å². The summed E-state index contributed by atoms with van der Waals surface area (Å²) in [7, 11) is 0. The highest BCUT2D eigenvalue weighted by Crippen LogP contribution is 2.39. The van der Waals surface area contributed by atoms with E-state index in [1.807, 2.05) is 13.8 Å². The standard InChI is InChI=1S/C11H22N2O/c1-10(2,12)7-9(14)13-8-11(3)5-4-6-11/h4-8,12H2,1-3H3,(H,13,14). The Morgan fingerprint density at radius 3 is 2.43 bits per heavy atom. The van der Waals surface area contributed by atoms with Crippen molar-refractivity contribution in [2.24, 2.45) is 11.1 Å². The number of rotatable bonds is 4. The minimum atomic E-state index is -0.398. The molecule has 0 aliphatic heterocycles. The van der Waals surface area contributed by atoms with Gasteiger partial charge in [0.2, 0.25) is 5.91 Å². The topological polar surface area (TPSA) is 55.1 Å². The number of carbonyl (C=O) groups excluding carboxylic acids is 1. The van der Waals surface area contributed by atoms with Gasteiger partial charge in [-0.3, -0.25) is 4.79 Å². The molecule has 1 saturated carbocycles. The van der Waals surface area contributed by atoms with Crippen LogP contribution < -0.4 is 11.1 Å². The van der Waals surface area contributed by atoms with Gasteiger partial charge in [-0.1, -0.05) is 13.3 Å². The van der Waals surface area contributed by atoms with Gasteiger partial charge < -0.3 is 11.1 Å². The van der Waals surface area contributed by atoms with Crippen molar-refractivity contribution in [2.45, 2.75) is 52.0 Å². The summed E-state index contributed by atoms with van der Waals surface area (Å²) in [5.41, 5.74) is 5.72. The van der Waals surface area contributed by atoms with Crippen molar-refractivity contribution in [2.75, 3.05) is 6.54 Å². The summed E-state index contributed by atoms with van der Waals surface area (Å²) < 4.78 is 0. The molecule has 3 N–H and O–H groups in total. The van der Waals surface area contributed by atoms with Crippen molar-refractivity contribution in [3.63, 3.8) is 0 Å². The Balaban J connectivity index is 2.21. The first-order valence-electron chi connectivity index (χ1n) is 5.36. The first kappa shape index (κ1) is 11.5. The second-order valence-corrected chi connectivity index (χ2v) is 5.61. The molecule has 0 saturated heterocycles. The summed E-state index contributed by atoms with van der Waals surface area (Å²) in [5, 5.41) is 2.96. The van der Waals surface area contributed by atoms with Crippen molar-refractivity contribution < 1.29 is 4.79 Å². The molecule has 0 spiro atoms. The summed E-state index contributed by atoms with van der Waals surface area (Å²) in [5.74, 6) is 0.0747. The minimum absolute atomic E-state index is 0.0747. The zero-order valence-electron chi connectivity index (χ0n) is 9.52. The lowest BCUT2D eigenvalue weighted by atomic mass is 9.70. The van der Waals surface area contributed by atoms with Crippen molar-refractivity contribution in [1.82, 2.24) is 5.32 Å². The SMILES string of the molecule is CC(C)(N)CC(=O)NCC1(C)CCC1. The fourth-order valence-corrected chi connectivity index (χ4v) is 1.75. The third kappa shape index (κ3) is 3.66. The molecule has 1 aliphatic carbocycles. The number of amides is 1. The number of nitrogens with two attached hydrogens (primary N) is 1. The van der Waals surface area contributed by atoms with E-state index in [9.17, 15) is 4.79 Å². The van der Waals surface area contributed by atoms with E-state index in [1.54, 1.807) is 0 Å². The van der Waals surface area contributed by atoms with Crippen LogP contribution in [0.2, 0.25) is 0 Å². The van der Waals surface area contributed by atoms with Gasteiger partial charge in [-0.2, -0.15) is 0 Å². The Labute approximate surface area is 86.4 Å². The highest BCUT2D eigenvalue weighted by molar-refractivity contribution is 5.77. The van der Waals surface area contributed by atoms with Crippen LogP contribution in [0.4, 0.5) is 0 Å². The van der Waals surface area contributed by atoms with Crippen molar-refractivity contribution in [3.05, 3.63) is 0 Å². The maximum absolute atomic E-state index is 11.5. The Morgan fingerprint density at radius 2 is 2.07 bits per heavy atom. The number of carbonyl (C=O) groups is 1. The molecule has 0 unspecified atom stereocenters. The maximum Gasteiger partial charge on any atom is 0.221 e. The van der Waals surface area contributed by atoms with Gasteiger partial charge in [0.05, 0.1) is 0 Å². The molecule has 0 bridgehead atoms. The molecule has 1 rings (SSSR count). The predicted octanol–water partition coefficient (Wildman–Crippen LogP) is 1.42. The highest BCUT2D eigenvalue weighted by Gasteiger charge is 2.32. The van der Waals surface area contributed by atoms with E-state index in [4.69, 9.17) is 5.73 Å². The van der Waals surface area contributed by atoms with Crippen LogP contribution in [0, 0.1) is 5.41 Å². The van der Waals surface area contributed by atoms with E-state index < -0.39 is 5.54 Å². The molecule has 0 atom stereocenters. The molecule has 3 nitrogen and oxygen atoms in total. The average Bonchev–Trinajstić information content (AvgIpc) is 1.94. The van der Waals surface area contributed by atoms with Crippen LogP contribution in [0.1, 0.15) is 46.5 Å². The quantitative estimate of drug-likeness (QED) is 0.718. The van der Waals surface area contributed by atoms with Gasteiger partial charge in [0.1, 0.15) is 0 Å². The highest BCUT2D eigenvalue weighted by atomic mass is 16.1. The Hall–Kier alpha value is -0.570. The molecule has 0 aromatic rings. The van der Waals surface area contributed by atoms with Gasteiger partial charge >= 0.3 is 0 Å². The molecule has 1 aliphatic rings. The molecular formula is C11H22N2O. The summed E-state index contributed by atoms with van der Waals surface area (Å²) in [4.78, 5) is 11.5. The van der Waals surface area contributed by atoms with Crippen LogP contribution in [0.5, 0.6) is 0 Å². The maximum atomic E-state index is 11.5. The average molecular weight is 198 g/mol. The molecular weight excluding hydrogens is 176 g/mol. The lowest BCUT2D eigenvalue weighted by Crippen LogP contribution is -2.44. The second-order valence-electron chi connectivity index (χ2n) is 5.61. The smallest absolute Gasteiger partial charge is 0.221 e. The minimum Gasteiger partial charge on any atom is -0.355 e. The van der Waals surface area contributed by atoms with Crippen molar-refractivity contribution in [1.29, 1.82) is 0 Å². The molecule has 0 aromatic heterocycles. The number of hydrogen-bond acceptors (Lipinski definition) is 2. The molecule has 14 heavy (non-hydrogen) atoms. The van der Waals surface area contributed by atoms with E-state index in [1.165, 1.54) is 19.3 Å². The monoisotopic (exact) mass is 198 g/mol. The lowest BCUT2D eigenvalue weighted by molar-refractivity contribution is -0.122. The van der Waals surface area contributed by atoms with Crippen LogP contribution in [0.15, 0.2) is 0 Å². The second kappa shape index (κ2) is 3.89. The van der Waals surface area contributed by atoms with Crippen LogP contribution in [0.3, 0.4) is 0 Å². The first-order valence-corrected chi connectivity index (χ1v) is 5.36. The fourth-order valence-electron chi connectivity index (χ4n) is 1.75. The van der Waals surface area contributed by atoms with Gasteiger partial charge in [-0.15, -0.1) is 0 Å². The molecule has 0 aromatic carbocycles. The van der Waals surface area contributed by atoms with Crippen LogP contribution in [0.25, 0.3) is 0 Å². The van der Waals surface area contributed by atoms with E-state index in [0.29, 0.717) is 11.8 Å². The van der Waals surface area contributed by atoms with Crippen molar-refractivity contribution >= 4 is 5.91 Å². The van der Waals surface area contributed by atoms with E-state index in [0.717, 1.165) is 6.54 Å². The third-order valence-corrected chi connectivity index (χ3v) is 2.89. The largest absolute Gasteiger partial charge is 0.355 e. The predicted molar refractivity (Wildman–Crippen MR) is 57.9 cm³/mol. The van der Waals surface area contributed by atoms with E-state index in [-0.39, 0.29) is 5.91 Å². The number of nitrogens with one attached hydrogen (secondary N) is 1. The Morgan fingerprint density at radius 1 is 1.50 bits per heavy atom. The molecule has 0 radical (unpaired) electrons. The lowest BCUT2D eigenvalue weighted by Gasteiger charge is -2.38. The third-order valence-electron chi connectivity index (χ3n) is 2.89. The summed E-state index contributed by atoms with van der Waals surface area (Å²) in [6.45, 7) is 6.78. The van der Waals surface area contributed by atoms with Crippen LogP contribution >= 0.6 is 0 Å². The zero-order valence-corrected chi connectivity index (χ0v) is 9.52. The molecule has 0 heterocycles. The Kier molecular flexibility index (Phi) is 3.20. The summed E-state index contributed by atoms with van der Waals surface area (Å²) in [6, 6.07) is 0. The zero-order chi connectivity index (χ0) is 10.8. The van der Waals surface area contributed by atoms with E-state index in [2.05, 4.69) is 12.2 Å². The van der Waals surface area contributed by atoms with Gasteiger partial charge in [0.25, 0.3) is 0 Å². The summed E-state index contributed by atoms with van der Waals surface area (Å²) in [6.07, 6.45) is 4.18. The van der Waals surface area contributed by atoms with Gasteiger partial charge in [0.15, 0.2) is 0 Å². The van der Waals surface area contributed by atoms with Crippen LogP contribution in [-0.4, -0.2) is 18.0 Å². The van der Waals surface area contributed by atoms with Gasteiger partial charge in [-0.25, -0.2) is 0 Å².